The van der Waals surface area contributed by atoms with Gasteiger partial charge in [0, 0.05) is 44.2 Å². The SMILES string of the molecule is C=CC(=O)N1CC(N(N)/C=C(\N)c2ccc(NC)nc2)CC(F)(F)C1.O=Cc1cccc(-c2ccn[nH]2)n1. The third-order valence-electron chi connectivity index (χ3n) is 5.60. The summed E-state index contributed by atoms with van der Waals surface area (Å²) < 4.78 is 27.9. The van der Waals surface area contributed by atoms with Crippen molar-refractivity contribution in [3.8, 4) is 11.4 Å². The molecule has 4 heterocycles. The molecule has 4 rings (SSSR count). The Morgan fingerprint density at radius 1 is 1.32 bits per heavy atom. The van der Waals surface area contributed by atoms with Crippen molar-refractivity contribution >= 4 is 23.7 Å². The fourth-order valence-electron chi connectivity index (χ4n) is 3.69. The second kappa shape index (κ2) is 12.5. The van der Waals surface area contributed by atoms with Crippen LogP contribution in [0.3, 0.4) is 0 Å². The summed E-state index contributed by atoms with van der Waals surface area (Å²) in [5.74, 6) is 3.00. The van der Waals surface area contributed by atoms with Gasteiger partial charge in [-0.05, 0) is 36.4 Å². The van der Waals surface area contributed by atoms with Crippen molar-refractivity contribution < 1.29 is 18.4 Å². The zero-order valence-corrected chi connectivity index (χ0v) is 20.7. The van der Waals surface area contributed by atoms with Crippen LogP contribution in [0.2, 0.25) is 0 Å². The number of aldehydes is 1. The summed E-state index contributed by atoms with van der Waals surface area (Å²) in [6.07, 6.45) is 5.83. The minimum Gasteiger partial charge on any atom is -0.397 e. The number of nitrogens with one attached hydrogen (secondary N) is 2. The number of anilines is 1. The molecule has 0 saturated carbocycles. The lowest BCUT2D eigenvalue weighted by Crippen LogP contribution is -2.57. The Morgan fingerprint density at radius 3 is 2.71 bits per heavy atom. The lowest BCUT2D eigenvalue weighted by atomic mass is 10.0. The average Bonchev–Trinajstić information content (AvgIpc) is 3.47. The van der Waals surface area contributed by atoms with Crippen LogP contribution in [0.25, 0.3) is 17.1 Å². The second-order valence-corrected chi connectivity index (χ2v) is 8.39. The van der Waals surface area contributed by atoms with E-state index in [1.165, 1.54) is 6.20 Å². The summed E-state index contributed by atoms with van der Waals surface area (Å²) in [5.41, 5.74) is 8.83. The Hall–Kier alpha value is -4.65. The lowest BCUT2D eigenvalue weighted by molar-refractivity contribution is -0.141. The van der Waals surface area contributed by atoms with Gasteiger partial charge >= 0.3 is 0 Å². The molecule has 6 N–H and O–H groups in total. The monoisotopic (exact) mass is 525 g/mol. The summed E-state index contributed by atoms with van der Waals surface area (Å²) >= 11 is 0. The first kappa shape index (κ1) is 27.9. The number of hydrogen-bond donors (Lipinski definition) is 4. The van der Waals surface area contributed by atoms with Crippen molar-refractivity contribution in [1.29, 1.82) is 0 Å². The number of carbonyl (C=O) groups excluding carboxylic acids is 2. The summed E-state index contributed by atoms with van der Waals surface area (Å²) in [6, 6.07) is 9.77. The fraction of sp³-hybridized carbons (Fsp3) is 0.240. The summed E-state index contributed by atoms with van der Waals surface area (Å²) in [6.45, 7) is 2.76. The van der Waals surface area contributed by atoms with Gasteiger partial charge in [0.05, 0.1) is 29.7 Å². The van der Waals surface area contributed by atoms with Gasteiger partial charge in [0.25, 0.3) is 5.92 Å². The van der Waals surface area contributed by atoms with Crippen LogP contribution in [-0.2, 0) is 4.79 Å². The maximum Gasteiger partial charge on any atom is 0.267 e. The van der Waals surface area contributed by atoms with E-state index in [1.54, 1.807) is 49.8 Å². The number of halogens is 2. The summed E-state index contributed by atoms with van der Waals surface area (Å²) in [7, 11) is 1.74. The number of aromatic amines is 1. The van der Waals surface area contributed by atoms with Crippen molar-refractivity contribution in [2.45, 2.75) is 18.4 Å². The number of H-pyrrole nitrogens is 1. The molecule has 200 valence electrons. The van der Waals surface area contributed by atoms with Gasteiger partial charge in [-0.1, -0.05) is 12.6 Å². The lowest BCUT2D eigenvalue weighted by Gasteiger charge is -2.40. The topological polar surface area (TPSA) is 159 Å². The average molecular weight is 526 g/mol. The molecule has 1 aliphatic rings. The van der Waals surface area contributed by atoms with Crippen molar-refractivity contribution in [1.82, 2.24) is 30.1 Å². The molecule has 1 amide bonds. The van der Waals surface area contributed by atoms with Crippen molar-refractivity contribution in [2.24, 2.45) is 11.6 Å². The molecule has 1 atom stereocenters. The molecular formula is C25H29F2N9O2. The highest BCUT2D eigenvalue weighted by Crippen LogP contribution is 2.29. The molecular weight excluding hydrogens is 496 g/mol. The zero-order chi connectivity index (χ0) is 27.7. The smallest absolute Gasteiger partial charge is 0.267 e. The molecule has 1 fully saturated rings. The van der Waals surface area contributed by atoms with Crippen LogP contribution < -0.4 is 16.9 Å². The first-order chi connectivity index (χ1) is 18.2. The predicted molar refractivity (Wildman–Crippen MR) is 139 cm³/mol. The van der Waals surface area contributed by atoms with Crippen molar-refractivity contribution in [3.05, 3.63) is 78.9 Å². The molecule has 0 aliphatic carbocycles. The number of rotatable bonds is 7. The van der Waals surface area contributed by atoms with E-state index in [2.05, 4.69) is 32.1 Å². The van der Waals surface area contributed by atoms with E-state index in [9.17, 15) is 18.4 Å². The van der Waals surface area contributed by atoms with Crippen molar-refractivity contribution in [2.75, 3.05) is 25.5 Å². The van der Waals surface area contributed by atoms with E-state index in [0.717, 1.165) is 33.7 Å². The van der Waals surface area contributed by atoms with Gasteiger partial charge in [0.2, 0.25) is 5.91 Å². The zero-order valence-electron chi connectivity index (χ0n) is 20.7. The molecule has 3 aromatic rings. The highest BCUT2D eigenvalue weighted by atomic mass is 19.3. The molecule has 11 nitrogen and oxygen atoms in total. The summed E-state index contributed by atoms with van der Waals surface area (Å²) in [5, 5.41) is 10.6. The third kappa shape index (κ3) is 7.43. The maximum atomic E-state index is 13.9. The van der Waals surface area contributed by atoms with Crippen LogP contribution in [0.5, 0.6) is 0 Å². The molecule has 0 spiro atoms. The third-order valence-corrected chi connectivity index (χ3v) is 5.60. The number of amides is 1. The number of likely N-dealkylation sites (tertiary alicyclic amines) is 1. The molecule has 0 bridgehead atoms. The van der Waals surface area contributed by atoms with Crippen LogP contribution >= 0.6 is 0 Å². The quantitative estimate of drug-likeness (QED) is 0.157. The molecule has 1 aliphatic heterocycles. The molecule has 1 saturated heterocycles. The van der Waals surface area contributed by atoms with Crippen LogP contribution in [0.4, 0.5) is 14.6 Å². The number of nitrogens with two attached hydrogens (primary N) is 2. The van der Waals surface area contributed by atoms with E-state index in [1.807, 2.05) is 6.07 Å². The Kier molecular flexibility index (Phi) is 9.22. The predicted octanol–water partition coefficient (Wildman–Crippen LogP) is 2.26. The van der Waals surface area contributed by atoms with Gasteiger partial charge in [0.15, 0.2) is 6.29 Å². The minimum absolute atomic E-state index is 0.0671. The van der Waals surface area contributed by atoms with Gasteiger partial charge < -0.3 is 21.0 Å². The fourth-order valence-corrected chi connectivity index (χ4v) is 3.69. The van der Waals surface area contributed by atoms with Crippen molar-refractivity contribution in [3.63, 3.8) is 0 Å². The summed E-state index contributed by atoms with van der Waals surface area (Å²) in [4.78, 5) is 31.4. The van der Waals surface area contributed by atoms with Crippen LogP contribution in [0.1, 0.15) is 22.5 Å². The second-order valence-electron chi connectivity index (χ2n) is 8.39. The minimum atomic E-state index is -3.03. The molecule has 1 unspecified atom stereocenters. The molecule has 0 radical (unpaired) electrons. The van der Waals surface area contributed by atoms with E-state index in [4.69, 9.17) is 11.6 Å². The first-order valence-corrected chi connectivity index (χ1v) is 11.5. The highest BCUT2D eigenvalue weighted by Gasteiger charge is 2.42. The van der Waals surface area contributed by atoms with Gasteiger partial charge in [-0.25, -0.2) is 24.6 Å². The Balaban J connectivity index is 0.000000256. The molecule has 38 heavy (non-hydrogen) atoms. The van der Waals surface area contributed by atoms with Gasteiger partial charge in [-0.3, -0.25) is 14.7 Å². The number of hydrogen-bond acceptors (Lipinski definition) is 9. The highest BCUT2D eigenvalue weighted by molar-refractivity contribution is 5.87. The largest absolute Gasteiger partial charge is 0.397 e. The molecule has 3 aromatic heterocycles. The van der Waals surface area contributed by atoms with Gasteiger partial charge in [-0.2, -0.15) is 5.10 Å². The first-order valence-electron chi connectivity index (χ1n) is 11.5. The van der Waals surface area contributed by atoms with E-state index in [-0.39, 0.29) is 12.2 Å². The number of carbonyl (C=O) groups is 2. The van der Waals surface area contributed by atoms with Crippen LogP contribution in [-0.4, -0.2) is 74.4 Å². The maximum absolute atomic E-state index is 13.9. The van der Waals surface area contributed by atoms with E-state index in [0.29, 0.717) is 17.1 Å². The van der Waals surface area contributed by atoms with Gasteiger partial charge in [0.1, 0.15) is 11.5 Å². The van der Waals surface area contributed by atoms with E-state index < -0.39 is 30.8 Å². The number of pyridine rings is 2. The number of hydrazine groups is 1. The van der Waals surface area contributed by atoms with E-state index >= 15 is 0 Å². The number of nitrogens with zero attached hydrogens (tertiary/aromatic N) is 5. The Labute approximate surface area is 218 Å². The normalized spacial score (nSPS) is 16.6. The standard InChI is InChI=1S/C16H22F2N6O.C9H7N3O/c1-3-15(25)23-8-12(6-16(17,18)10-23)24(20)9-13(19)11-4-5-14(21-2)22-7-11;13-6-7-2-1-3-8(11-7)9-4-5-10-12-9/h3-5,7,9,12H,1,6,8,10,19-20H2,2H3,(H,21,22);1-6H,(H,10,12)/b13-9-;. The Morgan fingerprint density at radius 2 is 2.11 bits per heavy atom. The number of piperidine rings is 1. The Bertz CT molecular complexity index is 1260. The van der Waals surface area contributed by atoms with Gasteiger partial charge in [-0.15, -0.1) is 0 Å². The van der Waals surface area contributed by atoms with Crippen LogP contribution in [0, 0.1) is 0 Å². The van der Waals surface area contributed by atoms with Crippen LogP contribution in [0.15, 0.2) is 67.6 Å². The molecule has 13 heteroatoms. The number of alkyl halides is 2. The number of aromatic nitrogens is 4. The molecule has 0 aromatic carbocycles.